The average molecular weight is 447 g/mol. The van der Waals surface area contributed by atoms with E-state index in [-0.39, 0.29) is 17.8 Å². The number of fused-ring (bicyclic) bond motifs is 1. The summed E-state index contributed by atoms with van der Waals surface area (Å²) in [4.78, 5) is 29.0. The molecule has 0 aliphatic heterocycles. The quantitative estimate of drug-likeness (QED) is 0.311. The van der Waals surface area contributed by atoms with Crippen LogP contribution in [-0.2, 0) is 6.54 Å². The van der Waals surface area contributed by atoms with Gasteiger partial charge in [-0.25, -0.2) is 4.98 Å². The first-order valence-electron chi connectivity index (χ1n) is 10.00. The fraction of sp³-hybridized carbons (Fsp3) is 0.167. The zero-order valence-corrected chi connectivity index (χ0v) is 18.3. The standard InChI is InChI=1S/C24H21N3O6/c1-31-20-12-16(13-21(32-2)22(20)33-3)23-25-19-10-5-4-9-18(19)24(28)26(23)14-15-7-6-8-17(11-15)27(29)30/h4-13H,14H2,1-3H3. The van der Waals surface area contributed by atoms with Crippen LogP contribution >= 0.6 is 0 Å². The van der Waals surface area contributed by atoms with Gasteiger partial charge in [-0.3, -0.25) is 19.5 Å². The third-order valence-corrected chi connectivity index (χ3v) is 5.25. The van der Waals surface area contributed by atoms with Crippen molar-refractivity contribution in [3.63, 3.8) is 0 Å². The topological polar surface area (TPSA) is 106 Å². The lowest BCUT2D eigenvalue weighted by molar-refractivity contribution is -0.384. The van der Waals surface area contributed by atoms with E-state index in [0.29, 0.717) is 45.1 Å². The van der Waals surface area contributed by atoms with Crippen LogP contribution in [0, 0.1) is 10.1 Å². The van der Waals surface area contributed by atoms with Gasteiger partial charge in [0.05, 0.1) is 43.7 Å². The number of methoxy groups -OCH3 is 3. The van der Waals surface area contributed by atoms with E-state index in [1.807, 2.05) is 0 Å². The first kappa shape index (κ1) is 21.8. The maximum absolute atomic E-state index is 13.5. The van der Waals surface area contributed by atoms with Crippen molar-refractivity contribution in [3.8, 4) is 28.6 Å². The Balaban J connectivity index is 1.98. The van der Waals surface area contributed by atoms with Crippen molar-refractivity contribution in [2.45, 2.75) is 6.54 Å². The van der Waals surface area contributed by atoms with Crippen molar-refractivity contribution in [1.82, 2.24) is 9.55 Å². The van der Waals surface area contributed by atoms with Crippen LogP contribution in [0.2, 0.25) is 0 Å². The summed E-state index contributed by atoms with van der Waals surface area (Å²) in [5.41, 5.74) is 1.37. The van der Waals surface area contributed by atoms with Crippen LogP contribution in [0.4, 0.5) is 5.69 Å². The lowest BCUT2D eigenvalue weighted by atomic mass is 10.1. The van der Waals surface area contributed by atoms with Gasteiger partial charge in [0.15, 0.2) is 11.5 Å². The molecule has 0 saturated heterocycles. The number of hydrogen-bond donors (Lipinski definition) is 0. The van der Waals surface area contributed by atoms with E-state index in [9.17, 15) is 14.9 Å². The molecule has 4 rings (SSSR count). The predicted octanol–water partition coefficient (Wildman–Crippen LogP) is 4.05. The largest absolute Gasteiger partial charge is 0.493 e. The van der Waals surface area contributed by atoms with Gasteiger partial charge in [-0.1, -0.05) is 24.3 Å². The third kappa shape index (κ3) is 4.08. The first-order chi connectivity index (χ1) is 16.0. The number of nitro benzene ring substituents is 1. The van der Waals surface area contributed by atoms with Crippen molar-refractivity contribution in [2.24, 2.45) is 0 Å². The summed E-state index contributed by atoms with van der Waals surface area (Å²) in [5.74, 6) is 1.61. The van der Waals surface area contributed by atoms with E-state index in [0.717, 1.165) is 0 Å². The summed E-state index contributed by atoms with van der Waals surface area (Å²) in [6.45, 7) is 0.0876. The monoisotopic (exact) mass is 447 g/mol. The summed E-state index contributed by atoms with van der Waals surface area (Å²) in [5, 5.41) is 11.7. The number of hydrogen-bond acceptors (Lipinski definition) is 7. The van der Waals surface area contributed by atoms with Crippen LogP contribution in [0.3, 0.4) is 0 Å². The van der Waals surface area contributed by atoms with Gasteiger partial charge in [0.2, 0.25) is 5.75 Å². The van der Waals surface area contributed by atoms with Crippen molar-refractivity contribution in [1.29, 1.82) is 0 Å². The number of rotatable bonds is 7. The molecule has 33 heavy (non-hydrogen) atoms. The van der Waals surface area contributed by atoms with E-state index in [2.05, 4.69) is 0 Å². The maximum Gasteiger partial charge on any atom is 0.269 e. The minimum Gasteiger partial charge on any atom is -0.493 e. The summed E-state index contributed by atoms with van der Waals surface area (Å²) in [6.07, 6.45) is 0. The molecule has 0 fully saturated rings. The Kier molecular flexibility index (Phi) is 5.95. The van der Waals surface area contributed by atoms with E-state index in [1.54, 1.807) is 48.5 Å². The van der Waals surface area contributed by atoms with E-state index < -0.39 is 4.92 Å². The molecule has 9 nitrogen and oxygen atoms in total. The van der Waals surface area contributed by atoms with Crippen molar-refractivity contribution in [3.05, 3.63) is 86.7 Å². The molecule has 0 aliphatic carbocycles. The Morgan fingerprint density at radius 3 is 2.27 bits per heavy atom. The average Bonchev–Trinajstić information content (AvgIpc) is 2.84. The van der Waals surface area contributed by atoms with Crippen LogP contribution in [0.25, 0.3) is 22.3 Å². The Morgan fingerprint density at radius 2 is 1.64 bits per heavy atom. The fourth-order valence-corrected chi connectivity index (χ4v) is 3.70. The van der Waals surface area contributed by atoms with Gasteiger partial charge in [0.1, 0.15) is 5.82 Å². The molecule has 1 heterocycles. The Hall–Kier alpha value is -4.40. The van der Waals surface area contributed by atoms with Gasteiger partial charge in [0.25, 0.3) is 11.2 Å². The fourth-order valence-electron chi connectivity index (χ4n) is 3.70. The van der Waals surface area contributed by atoms with Gasteiger partial charge < -0.3 is 14.2 Å². The number of aromatic nitrogens is 2. The molecule has 4 aromatic rings. The van der Waals surface area contributed by atoms with Gasteiger partial charge in [0, 0.05) is 17.7 Å². The lowest BCUT2D eigenvalue weighted by Crippen LogP contribution is -2.24. The minimum absolute atomic E-state index is 0.0522. The van der Waals surface area contributed by atoms with Crippen LogP contribution in [0.1, 0.15) is 5.56 Å². The highest BCUT2D eigenvalue weighted by Gasteiger charge is 2.19. The maximum atomic E-state index is 13.5. The van der Waals surface area contributed by atoms with E-state index in [4.69, 9.17) is 19.2 Å². The molecular weight excluding hydrogens is 426 g/mol. The van der Waals surface area contributed by atoms with Gasteiger partial charge in [-0.2, -0.15) is 0 Å². The zero-order valence-electron chi connectivity index (χ0n) is 18.3. The molecule has 1 aromatic heterocycles. The second-order valence-electron chi connectivity index (χ2n) is 7.18. The molecule has 0 atom stereocenters. The molecule has 0 spiro atoms. The molecule has 0 aliphatic rings. The zero-order chi connectivity index (χ0) is 23.5. The first-order valence-corrected chi connectivity index (χ1v) is 10.00. The van der Waals surface area contributed by atoms with Crippen LogP contribution in [-0.4, -0.2) is 35.8 Å². The summed E-state index contributed by atoms with van der Waals surface area (Å²) >= 11 is 0. The number of ether oxygens (including phenoxy) is 3. The summed E-state index contributed by atoms with van der Waals surface area (Å²) in [6, 6.07) is 16.6. The number of non-ortho nitro benzene ring substituents is 1. The summed E-state index contributed by atoms with van der Waals surface area (Å²) < 4.78 is 17.8. The summed E-state index contributed by atoms with van der Waals surface area (Å²) in [7, 11) is 4.52. The van der Waals surface area contributed by atoms with Gasteiger partial charge in [-0.15, -0.1) is 0 Å². The smallest absolute Gasteiger partial charge is 0.269 e. The molecule has 3 aromatic carbocycles. The number of nitro groups is 1. The van der Waals surface area contributed by atoms with Crippen LogP contribution in [0.15, 0.2) is 65.5 Å². The second-order valence-corrected chi connectivity index (χ2v) is 7.18. The van der Waals surface area contributed by atoms with Gasteiger partial charge >= 0.3 is 0 Å². The Labute approximate surface area is 188 Å². The molecular formula is C24H21N3O6. The molecule has 0 saturated carbocycles. The number of nitrogens with zero attached hydrogens (tertiary/aromatic N) is 3. The number of benzene rings is 3. The SMILES string of the molecule is COc1cc(-c2nc3ccccc3c(=O)n2Cc2cccc([N+](=O)[O-])c2)cc(OC)c1OC. The van der Waals surface area contributed by atoms with Crippen molar-refractivity contribution in [2.75, 3.05) is 21.3 Å². The van der Waals surface area contributed by atoms with E-state index in [1.165, 1.54) is 38.0 Å². The molecule has 0 N–H and O–H groups in total. The normalized spacial score (nSPS) is 10.8. The van der Waals surface area contributed by atoms with Crippen LogP contribution in [0.5, 0.6) is 17.2 Å². The predicted molar refractivity (Wildman–Crippen MR) is 123 cm³/mol. The Bertz CT molecular complexity index is 1390. The number of para-hydroxylation sites is 1. The molecule has 0 unspecified atom stereocenters. The second kappa shape index (κ2) is 8.99. The lowest BCUT2D eigenvalue weighted by Gasteiger charge is -2.17. The molecule has 0 amide bonds. The highest BCUT2D eigenvalue weighted by Crippen LogP contribution is 2.41. The highest BCUT2D eigenvalue weighted by molar-refractivity contribution is 5.80. The van der Waals surface area contributed by atoms with Gasteiger partial charge in [-0.05, 0) is 29.8 Å². The van der Waals surface area contributed by atoms with Crippen molar-refractivity contribution < 1.29 is 19.1 Å². The minimum atomic E-state index is -0.467. The van der Waals surface area contributed by atoms with Crippen LogP contribution < -0.4 is 19.8 Å². The third-order valence-electron chi connectivity index (χ3n) is 5.25. The van der Waals surface area contributed by atoms with E-state index >= 15 is 0 Å². The molecule has 168 valence electrons. The highest BCUT2D eigenvalue weighted by atomic mass is 16.6. The molecule has 0 radical (unpaired) electrons. The Morgan fingerprint density at radius 1 is 0.939 bits per heavy atom. The van der Waals surface area contributed by atoms with Crippen molar-refractivity contribution >= 4 is 16.6 Å². The molecule has 0 bridgehead atoms. The molecule has 9 heteroatoms.